The second-order valence-electron chi connectivity index (χ2n) is 6.33. The van der Waals surface area contributed by atoms with Crippen LogP contribution in [0.3, 0.4) is 0 Å². The molecular formula is C18H19N3O4S2. The Hall–Kier alpha value is -2.26. The standard InChI is InChI=1S/C18H19N3O4S2/c1-8-9(2)27-18(19-8)20-15(22)11-7-26-17-10-5-6-12(24-3)14(25-4)13(10)16(23)21(11)17/h5-6,11,17H,7H2,1-4H3,(H,19,20,22)/t11-,17+/m0/s1. The first-order chi connectivity index (χ1) is 13.0. The Bertz CT molecular complexity index is 923. The maximum atomic E-state index is 13.1. The number of carbonyl (C=O) groups excluding carboxylic acids is 2. The Morgan fingerprint density at radius 1 is 1.30 bits per heavy atom. The minimum Gasteiger partial charge on any atom is -0.493 e. The number of thioether (sulfide) groups is 1. The molecule has 2 amide bonds. The maximum absolute atomic E-state index is 13.1. The Morgan fingerprint density at radius 2 is 2.07 bits per heavy atom. The number of methoxy groups -OCH3 is 2. The van der Waals surface area contributed by atoms with Crippen molar-refractivity contribution in [2.75, 3.05) is 25.3 Å². The van der Waals surface area contributed by atoms with E-state index in [1.807, 2.05) is 19.9 Å². The van der Waals surface area contributed by atoms with Crippen LogP contribution in [0.4, 0.5) is 5.13 Å². The molecule has 1 aromatic heterocycles. The molecule has 0 aliphatic carbocycles. The Balaban J connectivity index is 1.63. The van der Waals surface area contributed by atoms with Crippen molar-refractivity contribution in [3.05, 3.63) is 33.8 Å². The van der Waals surface area contributed by atoms with Crippen molar-refractivity contribution in [1.29, 1.82) is 0 Å². The van der Waals surface area contributed by atoms with E-state index in [2.05, 4.69) is 10.3 Å². The van der Waals surface area contributed by atoms with Crippen LogP contribution in [0.2, 0.25) is 0 Å². The van der Waals surface area contributed by atoms with Crippen LogP contribution in [0.15, 0.2) is 12.1 Å². The fourth-order valence-electron chi connectivity index (χ4n) is 3.41. The van der Waals surface area contributed by atoms with E-state index >= 15 is 0 Å². The highest BCUT2D eigenvalue weighted by Crippen LogP contribution is 2.52. The highest BCUT2D eigenvalue weighted by molar-refractivity contribution is 7.99. The van der Waals surface area contributed by atoms with E-state index in [1.165, 1.54) is 25.6 Å². The molecule has 2 aromatic rings. The average Bonchev–Trinajstić information content (AvgIpc) is 3.30. The number of ether oxygens (including phenoxy) is 2. The Morgan fingerprint density at radius 3 is 2.70 bits per heavy atom. The molecule has 27 heavy (non-hydrogen) atoms. The van der Waals surface area contributed by atoms with Gasteiger partial charge in [-0.05, 0) is 19.9 Å². The number of rotatable bonds is 4. The molecule has 0 unspecified atom stereocenters. The number of hydrogen-bond acceptors (Lipinski definition) is 7. The van der Waals surface area contributed by atoms with Crippen LogP contribution in [-0.4, -0.2) is 47.7 Å². The van der Waals surface area contributed by atoms with Gasteiger partial charge in [-0.15, -0.1) is 23.1 Å². The highest BCUT2D eigenvalue weighted by atomic mass is 32.2. The topological polar surface area (TPSA) is 80.8 Å². The molecule has 4 rings (SSSR count). The maximum Gasteiger partial charge on any atom is 0.260 e. The van der Waals surface area contributed by atoms with Crippen LogP contribution in [0.1, 0.15) is 31.9 Å². The lowest BCUT2D eigenvalue weighted by atomic mass is 10.1. The van der Waals surface area contributed by atoms with Crippen LogP contribution in [0.5, 0.6) is 11.5 Å². The number of aromatic nitrogens is 1. The second-order valence-corrected chi connectivity index (χ2v) is 8.65. The Kier molecular flexibility index (Phi) is 4.51. The average molecular weight is 406 g/mol. The molecule has 0 spiro atoms. The molecule has 0 saturated carbocycles. The highest BCUT2D eigenvalue weighted by Gasteiger charge is 2.50. The number of nitrogens with one attached hydrogen (secondary N) is 1. The normalized spacial score (nSPS) is 20.4. The van der Waals surface area contributed by atoms with E-state index in [4.69, 9.17) is 9.47 Å². The van der Waals surface area contributed by atoms with Crippen molar-refractivity contribution >= 4 is 40.0 Å². The quantitative estimate of drug-likeness (QED) is 0.842. The number of thiazole rings is 1. The molecule has 3 heterocycles. The smallest absolute Gasteiger partial charge is 0.260 e. The first-order valence-corrected chi connectivity index (χ1v) is 10.3. The molecule has 1 fully saturated rings. The summed E-state index contributed by atoms with van der Waals surface area (Å²) >= 11 is 3.01. The van der Waals surface area contributed by atoms with Crippen LogP contribution in [0.25, 0.3) is 0 Å². The molecule has 1 aromatic carbocycles. The molecule has 2 atom stereocenters. The fourth-order valence-corrected chi connectivity index (χ4v) is 5.68. The van der Waals surface area contributed by atoms with Gasteiger partial charge in [-0.1, -0.05) is 6.07 Å². The summed E-state index contributed by atoms with van der Waals surface area (Å²) in [7, 11) is 3.05. The number of aryl methyl sites for hydroxylation is 2. The minimum atomic E-state index is -0.555. The molecule has 142 valence electrons. The molecule has 2 aliphatic heterocycles. The van der Waals surface area contributed by atoms with E-state index < -0.39 is 6.04 Å². The predicted molar refractivity (Wildman–Crippen MR) is 105 cm³/mol. The number of fused-ring (bicyclic) bond motifs is 3. The van der Waals surface area contributed by atoms with Crippen molar-refractivity contribution in [1.82, 2.24) is 9.88 Å². The number of amides is 2. The number of carbonyl (C=O) groups is 2. The molecule has 0 radical (unpaired) electrons. The van der Waals surface area contributed by atoms with Gasteiger partial charge in [0.25, 0.3) is 5.91 Å². The number of nitrogens with zero attached hydrogens (tertiary/aromatic N) is 2. The van der Waals surface area contributed by atoms with Gasteiger partial charge < -0.3 is 19.7 Å². The summed E-state index contributed by atoms with van der Waals surface area (Å²) < 4.78 is 10.7. The third-order valence-corrected chi connectivity index (χ3v) is 7.15. The lowest BCUT2D eigenvalue weighted by Crippen LogP contribution is -2.42. The van der Waals surface area contributed by atoms with Gasteiger partial charge in [0.15, 0.2) is 16.6 Å². The monoisotopic (exact) mass is 405 g/mol. The third kappa shape index (κ3) is 2.76. The summed E-state index contributed by atoms with van der Waals surface area (Å²) in [5.74, 6) is 1.04. The van der Waals surface area contributed by atoms with Crippen LogP contribution >= 0.6 is 23.1 Å². The van der Waals surface area contributed by atoms with Gasteiger partial charge in [0, 0.05) is 16.2 Å². The summed E-state index contributed by atoms with van der Waals surface area (Å²) in [6.07, 6.45) is 0. The van der Waals surface area contributed by atoms with Crippen molar-refractivity contribution in [2.45, 2.75) is 25.3 Å². The van der Waals surface area contributed by atoms with E-state index in [9.17, 15) is 9.59 Å². The molecule has 9 heteroatoms. The number of hydrogen-bond donors (Lipinski definition) is 1. The zero-order chi connectivity index (χ0) is 19.3. The summed E-state index contributed by atoms with van der Waals surface area (Å²) in [4.78, 5) is 33.0. The molecular weight excluding hydrogens is 386 g/mol. The summed E-state index contributed by atoms with van der Waals surface area (Å²) in [5, 5.41) is 3.23. The third-order valence-electron chi connectivity index (χ3n) is 4.85. The SMILES string of the molecule is COc1ccc2c(c1OC)C(=O)N1[C@@H]2SC[C@H]1C(=O)Nc1nc(C)c(C)s1. The zero-order valence-electron chi connectivity index (χ0n) is 15.4. The zero-order valence-corrected chi connectivity index (χ0v) is 17.0. The molecule has 1 saturated heterocycles. The van der Waals surface area contributed by atoms with Crippen LogP contribution in [0, 0.1) is 13.8 Å². The first-order valence-electron chi connectivity index (χ1n) is 8.40. The molecule has 1 N–H and O–H groups in total. The van der Waals surface area contributed by atoms with Crippen molar-refractivity contribution in [3.8, 4) is 11.5 Å². The lowest BCUT2D eigenvalue weighted by Gasteiger charge is -2.22. The van der Waals surface area contributed by atoms with E-state index in [0.717, 1.165) is 16.1 Å². The predicted octanol–water partition coefficient (Wildman–Crippen LogP) is 2.99. The first kappa shape index (κ1) is 18.1. The van der Waals surface area contributed by atoms with Gasteiger partial charge in [0.1, 0.15) is 11.4 Å². The molecule has 7 nitrogen and oxygen atoms in total. The van der Waals surface area contributed by atoms with Crippen LogP contribution in [-0.2, 0) is 4.79 Å². The summed E-state index contributed by atoms with van der Waals surface area (Å²) in [5.41, 5.74) is 2.24. The van der Waals surface area contributed by atoms with Gasteiger partial charge in [0.05, 0.1) is 25.5 Å². The van der Waals surface area contributed by atoms with Gasteiger partial charge >= 0.3 is 0 Å². The van der Waals surface area contributed by atoms with Gasteiger partial charge in [-0.25, -0.2) is 4.98 Å². The molecule has 2 aliphatic rings. The number of benzene rings is 1. The Labute approximate surface area is 165 Å². The summed E-state index contributed by atoms with van der Waals surface area (Å²) in [6.45, 7) is 3.87. The second kappa shape index (κ2) is 6.72. The van der Waals surface area contributed by atoms with Crippen molar-refractivity contribution < 1.29 is 19.1 Å². The summed E-state index contributed by atoms with van der Waals surface area (Å²) in [6, 6.07) is 3.11. The van der Waals surface area contributed by atoms with E-state index in [1.54, 1.807) is 22.7 Å². The fraction of sp³-hybridized carbons (Fsp3) is 0.389. The minimum absolute atomic E-state index is 0.192. The van der Waals surface area contributed by atoms with Gasteiger partial charge in [-0.3, -0.25) is 9.59 Å². The lowest BCUT2D eigenvalue weighted by molar-refractivity contribution is -0.119. The van der Waals surface area contributed by atoms with Crippen LogP contribution < -0.4 is 14.8 Å². The van der Waals surface area contributed by atoms with Gasteiger partial charge in [0.2, 0.25) is 5.91 Å². The van der Waals surface area contributed by atoms with Crippen molar-refractivity contribution in [2.24, 2.45) is 0 Å². The molecule has 0 bridgehead atoms. The van der Waals surface area contributed by atoms with E-state index in [0.29, 0.717) is 27.9 Å². The van der Waals surface area contributed by atoms with Gasteiger partial charge in [-0.2, -0.15) is 0 Å². The largest absolute Gasteiger partial charge is 0.493 e. The number of anilines is 1. The van der Waals surface area contributed by atoms with E-state index in [-0.39, 0.29) is 17.2 Å². The van der Waals surface area contributed by atoms with Crippen molar-refractivity contribution in [3.63, 3.8) is 0 Å².